The van der Waals surface area contributed by atoms with Crippen molar-refractivity contribution in [3.8, 4) is 0 Å². The van der Waals surface area contributed by atoms with Gasteiger partial charge >= 0.3 is 0 Å². The van der Waals surface area contributed by atoms with Crippen molar-refractivity contribution in [3.63, 3.8) is 0 Å². The number of rotatable bonds is 6. The van der Waals surface area contributed by atoms with Crippen LogP contribution in [0, 0.1) is 13.8 Å². The summed E-state index contributed by atoms with van der Waals surface area (Å²) >= 11 is 1.49. The summed E-state index contributed by atoms with van der Waals surface area (Å²) in [6, 6.07) is 7.48. The molecule has 1 fully saturated rings. The van der Waals surface area contributed by atoms with Crippen LogP contribution in [-0.4, -0.2) is 46.1 Å². The second kappa shape index (κ2) is 9.48. The second-order valence-corrected chi connectivity index (χ2v) is 8.78. The second-order valence-electron chi connectivity index (χ2n) is 7.84. The number of benzene rings is 1. The van der Waals surface area contributed by atoms with Gasteiger partial charge in [-0.25, -0.2) is 4.98 Å². The Kier molecular flexibility index (Phi) is 7.00. The fourth-order valence-electron chi connectivity index (χ4n) is 3.75. The number of aromatic nitrogens is 2. The maximum absolute atomic E-state index is 12.4. The molecule has 7 heteroatoms. The Morgan fingerprint density at radius 3 is 2.41 bits per heavy atom. The SMILES string of the molecule is Cc1nc(SCC(=O)Nc2ccc(C(=O)N(C)C)cc2)n(C2CCCCC2)c1C. The van der Waals surface area contributed by atoms with Crippen molar-refractivity contribution in [1.82, 2.24) is 14.5 Å². The Balaban J connectivity index is 1.61. The molecule has 2 amide bonds. The van der Waals surface area contributed by atoms with Gasteiger partial charge in [-0.1, -0.05) is 31.0 Å². The molecule has 29 heavy (non-hydrogen) atoms. The van der Waals surface area contributed by atoms with E-state index in [4.69, 9.17) is 4.98 Å². The van der Waals surface area contributed by atoms with Gasteiger partial charge in [-0.15, -0.1) is 0 Å². The summed E-state index contributed by atoms with van der Waals surface area (Å²) in [5, 5.41) is 3.85. The van der Waals surface area contributed by atoms with Crippen LogP contribution in [0.1, 0.15) is 59.9 Å². The van der Waals surface area contributed by atoms with E-state index in [2.05, 4.69) is 16.8 Å². The van der Waals surface area contributed by atoms with Gasteiger partial charge in [0.15, 0.2) is 5.16 Å². The number of nitrogens with one attached hydrogen (secondary N) is 1. The number of hydrogen-bond donors (Lipinski definition) is 1. The number of hydrogen-bond acceptors (Lipinski definition) is 4. The Hall–Kier alpha value is -2.28. The average molecular weight is 415 g/mol. The first-order valence-corrected chi connectivity index (χ1v) is 11.1. The zero-order valence-corrected chi connectivity index (χ0v) is 18.5. The van der Waals surface area contributed by atoms with E-state index in [9.17, 15) is 9.59 Å². The van der Waals surface area contributed by atoms with Gasteiger partial charge in [0.25, 0.3) is 5.91 Å². The summed E-state index contributed by atoms with van der Waals surface area (Å²) < 4.78 is 2.34. The number of amides is 2. The maximum atomic E-state index is 12.4. The molecule has 0 radical (unpaired) electrons. The lowest BCUT2D eigenvalue weighted by Gasteiger charge is -2.26. The van der Waals surface area contributed by atoms with Crippen LogP contribution in [0.4, 0.5) is 5.69 Å². The van der Waals surface area contributed by atoms with E-state index in [-0.39, 0.29) is 11.8 Å². The number of aryl methyl sites for hydroxylation is 1. The summed E-state index contributed by atoms with van der Waals surface area (Å²) in [7, 11) is 3.44. The molecule has 156 valence electrons. The average Bonchev–Trinajstić information content (AvgIpc) is 3.00. The minimum absolute atomic E-state index is 0.0567. The zero-order valence-electron chi connectivity index (χ0n) is 17.7. The third-order valence-corrected chi connectivity index (χ3v) is 6.40. The molecule has 0 aliphatic heterocycles. The maximum Gasteiger partial charge on any atom is 0.253 e. The van der Waals surface area contributed by atoms with E-state index in [1.807, 2.05) is 6.92 Å². The van der Waals surface area contributed by atoms with E-state index in [0.717, 1.165) is 10.9 Å². The molecule has 1 heterocycles. The van der Waals surface area contributed by atoms with E-state index in [1.165, 1.54) is 54.5 Å². The van der Waals surface area contributed by atoms with E-state index in [1.54, 1.807) is 38.4 Å². The molecule has 0 bridgehead atoms. The summed E-state index contributed by atoms with van der Waals surface area (Å²) in [5.41, 5.74) is 3.54. The molecule has 1 aliphatic rings. The molecule has 3 rings (SSSR count). The Morgan fingerprint density at radius 2 is 1.79 bits per heavy atom. The molecular weight excluding hydrogens is 384 g/mol. The van der Waals surface area contributed by atoms with Crippen molar-refractivity contribution >= 4 is 29.3 Å². The highest BCUT2D eigenvalue weighted by atomic mass is 32.2. The molecule has 1 aromatic heterocycles. The summed E-state index contributed by atoms with van der Waals surface area (Å²) in [4.78, 5) is 30.6. The minimum Gasteiger partial charge on any atom is -0.345 e. The van der Waals surface area contributed by atoms with Crippen molar-refractivity contribution in [3.05, 3.63) is 41.2 Å². The number of imidazole rings is 1. The first kappa shape index (κ1) is 21.4. The van der Waals surface area contributed by atoms with Gasteiger partial charge in [-0.2, -0.15) is 0 Å². The normalized spacial score (nSPS) is 14.6. The Labute approximate surface area is 177 Å². The lowest BCUT2D eigenvalue weighted by molar-refractivity contribution is -0.113. The molecule has 0 spiro atoms. The summed E-state index contributed by atoms with van der Waals surface area (Å²) in [6.07, 6.45) is 6.21. The largest absolute Gasteiger partial charge is 0.345 e. The quantitative estimate of drug-likeness (QED) is 0.710. The highest BCUT2D eigenvalue weighted by Crippen LogP contribution is 2.34. The van der Waals surface area contributed by atoms with Crippen LogP contribution in [-0.2, 0) is 4.79 Å². The van der Waals surface area contributed by atoms with E-state index >= 15 is 0 Å². The topological polar surface area (TPSA) is 67.2 Å². The summed E-state index contributed by atoms with van der Waals surface area (Å²) in [6.45, 7) is 4.16. The molecule has 2 aromatic rings. The van der Waals surface area contributed by atoms with Crippen LogP contribution in [0.25, 0.3) is 0 Å². The van der Waals surface area contributed by atoms with Crippen LogP contribution >= 0.6 is 11.8 Å². The van der Waals surface area contributed by atoms with Crippen molar-refractivity contribution in [2.45, 2.75) is 57.1 Å². The van der Waals surface area contributed by atoms with Gasteiger partial charge < -0.3 is 14.8 Å². The number of carbonyl (C=O) groups excluding carboxylic acids is 2. The predicted octanol–water partition coefficient (Wildman–Crippen LogP) is 4.44. The molecule has 1 aromatic carbocycles. The van der Waals surface area contributed by atoms with Crippen LogP contribution in [0.2, 0.25) is 0 Å². The molecule has 0 unspecified atom stereocenters. The number of carbonyl (C=O) groups is 2. The fraction of sp³-hybridized carbons (Fsp3) is 0.500. The number of thioether (sulfide) groups is 1. The van der Waals surface area contributed by atoms with Crippen molar-refractivity contribution in [1.29, 1.82) is 0 Å². The van der Waals surface area contributed by atoms with Gasteiger partial charge in [0.1, 0.15) is 0 Å². The third-order valence-electron chi connectivity index (χ3n) is 5.45. The van der Waals surface area contributed by atoms with Crippen molar-refractivity contribution < 1.29 is 9.59 Å². The number of anilines is 1. The standard InChI is InChI=1S/C22H30N4O2S/c1-15-16(2)26(19-8-6-5-7-9-19)22(23-15)29-14-20(27)24-18-12-10-17(11-13-18)21(28)25(3)4/h10-13,19H,5-9,14H2,1-4H3,(H,24,27). The van der Waals surface area contributed by atoms with Crippen molar-refractivity contribution in [2.24, 2.45) is 0 Å². The van der Waals surface area contributed by atoms with E-state index in [0.29, 0.717) is 23.0 Å². The molecule has 0 saturated heterocycles. The van der Waals surface area contributed by atoms with Gasteiger partial charge in [0.2, 0.25) is 5.91 Å². The van der Waals surface area contributed by atoms with Gasteiger partial charge in [0.05, 0.1) is 11.4 Å². The van der Waals surface area contributed by atoms with Crippen LogP contribution in [0.5, 0.6) is 0 Å². The first-order valence-electron chi connectivity index (χ1n) is 10.2. The smallest absolute Gasteiger partial charge is 0.253 e. The van der Waals surface area contributed by atoms with Gasteiger partial charge in [-0.05, 0) is 51.0 Å². The highest BCUT2D eigenvalue weighted by Gasteiger charge is 2.22. The lowest BCUT2D eigenvalue weighted by atomic mass is 9.95. The van der Waals surface area contributed by atoms with Crippen LogP contribution in [0.15, 0.2) is 29.4 Å². The Bertz CT molecular complexity index is 868. The number of nitrogens with zero attached hydrogens (tertiary/aromatic N) is 3. The lowest BCUT2D eigenvalue weighted by Crippen LogP contribution is -2.21. The summed E-state index contributed by atoms with van der Waals surface area (Å²) in [5.74, 6) is 0.176. The van der Waals surface area contributed by atoms with E-state index < -0.39 is 0 Å². The third kappa shape index (κ3) is 5.21. The zero-order chi connectivity index (χ0) is 21.0. The molecule has 1 N–H and O–H groups in total. The highest BCUT2D eigenvalue weighted by molar-refractivity contribution is 7.99. The van der Waals surface area contributed by atoms with Crippen molar-refractivity contribution in [2.75, 3.05) is 25.2 Å². The fourth-order valence-corrected chi connectivity index (χ4v) is 4.71. The molecule has 6 nitrogen and oxygen atoms in total. The minimum atomic E-state index is -0.0739. The molecule has 0 atom stereocenters. The monoisotopic (exact) mass is 414 g/mol. The first-order chi connectivity index (χ1) is 13.9. The molecular formula is C22H30N4O2S. The predicted molar refractivity (Wildman–Crippen MR) is 118 cm³/mol. The molecule has 1 saturated carbocycles. The van der Waals surface area contributed by atoms with Gasteiger partial charge in [0, 0.05) is 37.1 Å². The Morgan fingerprint density at radius 1 is 1.14 bits per heavy atom. The van der Waals surface area contributed by atoms with Crippen LogP contribution < -0.4 is 5.32 Å². The van der Waals surface area contributed by atoms with Gasteiger partial charge in [-0.3, -0.25) is 9.59 Å². The molecule has 1 aliphatic carbocycles. The van der Waals surface area contributed by atoms with Crippen LogP contribution in [0.3, 0.4) is 0 Å².